The molecule has 2 heterocycles. The van der Waals surface area contributed by atoms with Crippen LogP contribution < -0.4 is 5.73 Å². The smallest absolute Gasteiger partial charge is 0.157 e. The number of pyridine rings is 1. The molecule has 0 aliphatic heterocycles. The third kappa shape index (κ3) is 2.07. The second kappa shape index (κ2) is 3.86. The SMILES string of the molecule is CN(C)CCc1nc2cccc(N)n2n1. The lowest BCUT2D eigenvalue weighted by Crippen LogP contribution is -2.15. The minimum atomic E-state index is 0.621. The maximum absolute atomic E-state index is 5.78. The molecule has 0 spiro atoms. The molecule has 0 atom stereocenters. The predicted molar refractivity (Wildman–Crippen MR) is 59.7 cm³/mol. The van der Waals surface area contributed by atoms with Gasteiger partial charge in [0.25, 0.3) is 0 Å². The summed E-state index contributed by atoms with van der Waals surface area (Å²) >= 11 is 0. The van der Waals surface area contributed by atoms with Crippen LogP contribution in [0, 0.1) is 0 Å². The number of nitrogens with two attached hydrogens (primary N) is 1. The van der Waals surface area contributed by atoms with Gasteiger partial charge in [0, 0.05) is 13.0 Å². The lowest BCUT2D eigenvalue weighted by Gasteiger charge is -2.05. The molecule has 5 nitrogen and oxygen atoms in total. The molecule has 2 N–H and O–H groups in total. The van der Waals surface area contributed by atoms with Gasteiger partial charge in [0.15, 0.2) is 11.5 Å². The third-order valence-electron chi connectivity index (χ3n) is 2.22. The number of hydrogen-bond donors (Lipinski definition) is 1. The third-order valence-corrected chi connectivity index (χ3v) is 2.22. The molecular weight excluding hydrogens is 190 g/mol. The Bertz CT molecular complexity index is 460. The van der Waals surface area contributed by atoms with Gasteiger partial charge in [0.1, 0.15) is 5.82 Å². The summed E-state index contributed by atoms with van der Waals surface area (Å²) < 4.78 is 1.67. The van der Waals surface area contributed by atoms with Crippen LogP contribution in [0.1, 0.15) is 5.82 Å². The number of rotatable bonds is 3. The summed E-state index contributed by atoms with van der Waals surface area (Å²) in [6, 6.07) is 5.61. The van der Waals surface area contributed by atoms with Crippen LogP contribution in [-0.4, -0.2) is 40.1 Å². The van der Waals surface area contributed by atoms with E-state index in [-0.39, 0.29) is 0 Å². The van der Waals surface area contributed by atoms with Gasteiger partial charge in [-0.2, -0.15) is 4.52 Å². The summed E-state index contributed by atoms with van der Waals surface area (Å²) in [5.41, 5.74) is 6.58. The molecule has 2 aromatic heterocycles. The molecular formula is C10H15N5. The molecule has 0 unspecified atom stereocenters. The van der Waals surface area contributed by atoms with Crippen molar-refractivity contribution in [3.8, 4) is 0 Å². The Morgan fingerprint density at radius 3 is 2.87 bits per heavy atom. The van der Waals surface area contributed by atoms with Crippen molar-refractivity contribution in [1.82, 2.24) is 19.5 Å². The number of likely N-dealkylation sites (N-methyl/N-ethyl adjacent to an activating group) is 1. The summed E-state index contributed by atoms with van der Waals surface area (Å²) in [5, 5.41) is 4.34. The first-order chi connectivity index (χ1) is 7.16. The average Bonchev–Trinajstić information content (AvgIpc) is 2.59. The summed E-state index contributed by atoms with van der Waals surface area (Å²) in [4.78, 5) is 6.50. The van der Waals surface area contributed by atoms with E-state index in [0.717, 1.165) is 24.4 Å². The summed E-state index contributed by atoms with van der Waals surface area (Å²) in [6.45, 7) is 0.941. The maximum atomic E-state index is 5.78. The van der Waals surface area contributed by atoms with Crippen LogP contribution >= 0.6 is 0 Å². The van der Waals surface area contributed by atoms with Gasteiger partial charge in [-0.05, 0) is 26.2 Å². The van der Waals surface area contributed by atoms with Crippen molar-refractivity contribution >= 4 is 11.5 Å². The molecule has 2 aromatic rings. The topological polar surface area (TPSA) is 59.5 Å². The highest BCUT2D eigenvalue weighted by Crippen LogP contribution is 2.07. The monoisotopic (exact) mass is 205 g/mol. The Morgan fingerprint density at radius 1 is 1.40 bits per heavy atom. The maximum Gasteiger partial charge on any atom is 0.157 e. The molecule has 0 aliphatic carbocycles. The van der Waals surface area contributed by atoms with Crippen LogP contribution in [-0.2, 0) is 6.42 Å². The van der Waals surface area contributed by atoms with Crippen LogP contribution in [0.15, 0.2) is 18.2 Å². The van der Waals surface area contributed by atoms with E-state index < -0.39 is 0 Å². The van der Waals surface area contributed by atoms with Gasteiger partial charge in [-0.1, -0.05) is 6.07 Å². The van der Waals surface area contributed by atoms with Crippen molar-refractivity contribution in [2.75, 3.05) is 26.4 Å². The fourth-order valence-electron chi connectivity index (χ4n) is 1.40. The first kappa shape index (κ1) is 9.92. The fraction of sp³-hybridized carbons (Fsp3) is 0.400. The van der Waals surface area contributed by atoms with Gasteiger partial charge in [0.05, 0.1) is 0 Å². The van der Waals surface area contributed by atoms with Crippen LogP contribution in [0.5, 0.6) is 0 Å². The van der Waals surface area contributed by atoms with Gasteiger partial charge < -0.3 is 10.6 Å². The van der Waals surface area contributed by atoms with E-state index in [2.05, 4.69) is 15.0 Å². The van der Waals surface area contributed by atoms with Crippen LogP contribution in [0.25, 0.3) is 5.65 Å². The minimum Gasteiger partial charge on any atom is -0.384 e. The Balaban J connectivity index is 2.27. The van der Waals surface area contributed by atoms with E-state index in [0.29, 0.717) is 5.82 Å². The number of fused-ring (bicyclic) bond motifs is 1. The fourth-order valence-corrected chi connectivity index (χ4v) is 1.40. The number of nitrogen functional groups attached to an aromatic ring is 1. The molecule has 0 radical (unpaired) electrons. The van der Waals surface area contributed by atoms with Crippen molar-refractivity contribution in [2.24, 2.45) is 0 Å². The molecule has 0 saturated heterocycles. The molecule has 5 heteroatoms. The standard InChI is InChI=1S/C10H15N5/c1-14(2)7-6-9-12-10-5-3-4-8(11)15(10)13-9/h3-5H,6-7,11H2,1-2H3. The Hall–Kier alpha value is -1.62. The van der Waals surface area contributed by atoms with E-state index >= 15 is 0 Å². The molecule has 15 heavy (non-hydrogen) atoms. The zero-order valence-electron chi connectivity index (χ0n) is 9.01. The van der Waals surface area contributed by atoms with Gasteiger partial charge in [-0.15, -0.1) is 5.10 Å². The largest absolute Gasteiger partial charge is 0.384 e. The normalized spacial score (nSPS) is 11.4. The van der Waals surface area contributed by atoms with Crippen LogP contribution in [0.3, 0.4) is 0 Å². The van der Waals surface area contributed by atoms with Gasteiger partial charge in [-0.3, -0.25) is 0 Å². The second-order valence-electron chi connectivity index (χ2n) is 3.80. The first-order valence-electron chi connectivity index (χ1n) is 4.91. The lowest BCUT2D eigenvalue weighted by atomic mass is 10.4. The average molecular weight is 205 g/mol. The van der Waals surface area contributed by atoms with E-state index in [1.165, 1.54) is 0 Å². The zero-order chi connectivity index (χ0) is 10.8. The van der Waals surface area contributed by atoms with Crippen molar-refractivity contribution < 1.29 is 0 Å². The Kier molecular flexibility index (Phi) is 2.55. The molecule has 0 saturated carbocycles. The number of hydrogen-bond acceptors (Lipinski definition) is 4. The molecule has 2 rings (SSSR count). The van der Waals surface area contributed by atoms with Crippen molar-refractivity contribution in [1.29, 1.82) is 0 Å². The van der Waals surface area contributed by atoms with E-state index in [9.17, 15) is 0 Å². The molecule has 0 aliphatic rings. The highest BCUT2D eigenvalue weighted by atomic mass is 15.3. The molecule has 0 amide bonds. The quantitative estimate of drug-likeness (QED) is 0.788. The van der Waals surface area contributed by atoms with E-state index in [4.69, 9.17) is 5.73 Å². The molecule has 0 bridgehead atoms. The van der Waals surface area contributed by atoms with E-state index in [1.807, 2.05) is 32.3 Å². The molecule has 80 valence electrons. The molecule has 0 aromatic carbocycles. The molecule has 0 fully saturated rings. The zero-order valence-corrected chi connectivity index (χ0v) is 9.01. The van der Waals surface area contributed by atoms with Crippen LogP contribution in [0.4, 0.5) is 5.82 Å². The van der Waals surface area contributed by atoms with Crippen molar-refractivity contribution in [3.05, 3.63) is 24.0 Å². The Labute approximate surface area is 88.5 Å². The lowest BCUT2D eigenvalue weighted by molar-refractivity contribution is 0.409. The second-order valence-corrected chi connectivity index (χ2v) is 3.80. The number of aromatic nitrogens is 3. The Morgan fingerprint density at radius 2 is 2.20 bits per heavy atom. The van der Waals surface area contributed by atoms with Gasteiger partial charge in [0.2, 0.25) is 0 Å². The minimum absolute atomic E-state index is 0.621. The predicted octanol–water partition coefficient (Wildman–Crippen LogP) is 0.416. The van der Waals surface area contributed by atoms with Crippen molar-refractivity contribution in [3.63, 3.8) is 0 Å². The summed E-state index contributed by atoms with van der Waals surface area (Å²) in [7, 11) is 4.06. The van der Waals surface area contributed by atoms with E-state index in [1.54, 1.807) is 4.52 Å². The summed E-state index contributed by atoms with van der Waals surface area (Å²) in [5.74, 6) is 1.46. The van der Waals surface area contributed by atoms with Gasteiger partial charge >= 0.3 is 0 Å². The van der Waals surface area contributed by atoms with Crippen LogP contribution in [0.2, 0.25) is 0 Å². The summed E-state index contributed by atoms with van der Waals surface area (Å²) in [6.07, 6.45) is 0.841. The number of nitrogens with zero attached hydrogens (tertiary/aromatic N) is 4. The highest BCUT2D eigenvalue weighted by molar-refractivity contribution is 5.45. The number of anilines is 1. The van der Waals surface area contributed by atoms with Crippen molar-refractivity contribution in [2.45, 2.75) is 6.42 Å². The van der Waals surface area contributed by atoms with Gasteiger partial charge in [-0.25, -0.2) is 4.98 Å². The first-order valence-corrected chi connectivity index (χ1v) is 4.91. The highest BCUT2D eigenvalue weighted by Gasteiger charge is 2.05.